The molecule has 0 aliphatic rings. The highest BCUT2D eigenvalue weighted by Crippen LogP contribution is 2.26. The van der Waals surface area contributed by atoms with Crippen LogP contribution in [-0.2, 0) is 0 Å². The zero-order valence-electron chi connectivity index (χ0n) is 11.0. The molecule has 1 unspecified atom stereocenters. The highest BCUT2D eigenvalue weighted by Gasteiger charge is 2.07. The second-order valence-electron chi connectivity index (χ2n) is 4.42. The van der Waals surface area contributed by atoms with Crippen LogP contribution in [0.2, 0.25) is 0 Å². The van der Waals surface area contributed by atoms with Crippen molar-refractivity contribution in [3.05, 3.63) is 55.9 Å². The molecule has 0 heterocycles. The summed E-state index contributed by atoms with van der Waals surface area (Å²) in [5.74, 6) is 0.738. The minimum absolute atomic E-state index is 0.239. The molecule has 6 heteroatoms. The van der Waals surface area contributed by atoms with Crippen LogP contribution in [0.1, 0.15) is 0 Å². The summed E-state index contributed by atoms with van der Waals surface area (Å²) in [5.41, 5.74) is 0.931. The van der Waals surface area contributed by atoms with E-state index < -0.39 is 6.10 Å². The number of anilines is 1. The van der Waals surface area contributed by atoms with Gasteiger partial charge in [0.05, 0.1) is 0 Å². The number of aliphatic hydroxyl groups is 1. The summed E-state index contributed by atoms with van der Waals surface area (Å²) in [6, 6.07) is 13.4. The van der Waals surface area contributed by atoms with E-state index in [9.17, 15) is 5.11 Å². The van der Waals surface area contributed by atoms with Crippen LogP contribution in [-0.4, -0.2) is 24.4 Å². The molecule has 3 nitrogen and oxygen atoms in total. The van der Waals surface area contributed by atoms with Gasteiger partial charge in [-0.15, -0.1) is 0 Å². The number of nitrogens with one attached hydrogen (secondary N) is 1. The van der Waals surface area contributed by atoms with E-state index in [1.807, 2.05) is 42.5 Å². The maximum Gasteiger partial charge on any atom is 0.119 e. The molecule has 0 spiro atoms. The fourth-order valence-electron chi connectivity index (χ4n) is 1.64. The van der Waals surface area contributed by atoms with Gasteiger partial charge in [-0.1, -0.05) is 31.9 Å². The van der Waals surface area contributed by atoms with Crippen molar-refractivity contribution in [2.24, 2.45) is 0 Å². The van der Waals surface area contributed by atoms with Gasteiger partial charge < -0.3 is 15.2 Å². The first-order valence-corrected chi connectivity index (χ1v) is 8.68. The maximum atomic E-state index is 9.95. The number of hydrogen-bond acceptors (Lipinski definition) is 3. The number of aliphatic hydroxyl groups excluding tert-OH is 1. The van der Waals surface area contributed by atoms with Crippen molar-refractivity contribution in [2.75, 3.05) is 18.5 Å². The molecule has 112 valence electrons. The Bertz CT molecular complexity index is 590. The lowest BCUT2D eigenvalue weighted by Crippen LogP contribution is -2.26. The standard InChI is InChI=1S/C15H14Br3NO2/c16-10-1-4-13(5-2-10)21-9-12(20)8-19-15-6-3-11(17)7-14(15)18/h1-7,12,19-20H,8-9H2. The van der Waals surface area contributed by atoms with Crippen molar-refractivity contribution in [3.63, 3.8) is 0 Å². The molecular formula is C15H14Br3NO2. The number of benzene rings is 2. The van der Waals surface area contributed by atoms with E-state index in [-0.39, 0.29) is 6.61 Å². The molecule has 0 aromatic heterocycles. The largest absolute Gasteiger partial charge is 0.491 e. The third-order valence-corrected chi connectivity index (χ3v) is 4.39. The Hall–Kier alpha value is -0.560. The predicted octanol–water partition coefficient (Wildman–Crippen LogP) is 4.83. The summed E-state index contributed by atoms with van der Waals surface area (Å²) in [5, 5.41) is 13.1. The Kier molecular flexibility index (Phi) is 6.54. The molecule has 0 saturated carbocycles. The van der Waals surface area contributed by atoms with Gasteiger partial charge in [0.25, 0.3) is 0 Å². The van der Waals surface area contributed by atoms with Gasteiger partial charge in [0.2, 0.25) is 0 Å². The lowest BCUT2D eigenvalue weighted by Gasteiger charge is -2.15. The van der Waals surface area contributed by atoms with Gasteiger partial charge >= 0.3 is 0 Å². The molecular weight excluding hydrogens is 466 g/mol. The second-order valence-corrected chi connectivity index (χ2v) is 7.11. The summed E-state index contributed by atoms with van der Waals surface area (Å²) in [4.78, 5) is 0. The average Bonchev–Trinajstić information content (AvgIpc) is 2.46. The van der Waals surface area contributed by atoms with Crippen molar-refractivity contribution in [2.45, 2.75) is 6.10 Å². The SMILES string of the molecule is OC(CNc1ccc(Br)cc1Br)COc1ccc(Br)cc1. The van der Waals surface area contributed by atoms with Crippen LogP contribution in [0, 0.1) is 0 Å². The van der Waals surface area contributed by atoms with Crippen molar-refractivity contribution in [1.29, 1.82) is 0 Å². The number of ether oxygens (including phenoxy) is 1. The fraction of sp³-hybridized carbons (Fsp3) is 0.200. The fourth-order valence-corrected chi connectivity index (χ4v) is 3.09. The van der Waals surface area contributed by atoms with Gasteiger partial charge in [-0.3, -0.25) is 0 Å². The van der Waals surface area contributed by atoms with Crippen LogP contribution < -0.4 is 10.1 Å². The summed E-state index contributed by atoms with van der Waals surface area (Å²) in [6.45, 7) is 0.652. The average molecular weight is 480 g/mol. The Morgan fingerprint density at radius 1 is 1.00 bits per heavy atom. The van der Waals surface area contributed by atoms with E-state index in [1.54, 1.807) is 0 Å². The molecule has 0 aliphatic carbocycles. The zero-order chi connectivity index (χ0) is 15.2. The van der Waals surface area contributed by atoms with E-state index in [4.69, 9.17) is 4.74 Å². The zero-order valence-corrected chi connectivity index (χ0v) is 15.8. The van der Waals surface area contributed by atoms with Gasteiger partial charge in [-0.25, -0.2) is 0 Å². The molecule has 2 N–H and O–H groups in total. The van der Waals surface area contributed by atoms with E-state index in [0.29, 0.717) is 6.54 Å². The van der Waals surface area contributed by atoms with Crippen molar-refractivity contribution in [3.8, 4) is 5.75 Å². The molecule has 1 atom stereocenters. The summed E-state index contributed by atoms with van der Waals surface area (Å²) in [6.07, 6.45) is -0.593. The van der Waals surface area contributed by atoms with Gasteiger partial charge in [-0.05, 0) is 58.4 Å². The van der Waals surface area contributed by atoms with Crippen LogP contribution in [0.3, 0.4) is 0 Å². The lowest BCUT2D eigenvalue weighted by atomic mass is 10.3. The van der Waals surface area contributed by atoms with Gasteiger partial charge in [-0.2, -0.15) is 0 Å². The molecule has 0 bridgehead atoms. The third-order valence-electron chi connectivity index (χ3n) is 2.72. The van der Waals surface area contributed by atoms with Gasteiger partial charge in [0.15, 0.2) is 0 Å². The van der Waals surface area contributed by atoms with Gasteiger partial charge in [0.1, 0.15) is 18.5 Å². The lowest BCUT2D eigenvalue weighted by molar-refractivity contribution is 0.117. The van der Waals surface area contributed by atoms with Crippen molar-refractivity contribution < 1.29 is 9.84 Å². The molecule has 0 amide bonds. The first-order valence-electron chi connectivity index (χ1n) is 6.30. The van der Waals surface area contributed by atoms with Crippen LogP contribution in [0.25, 0.3) is 0 Å². The monoisotopic (exact) mass is 477 g/mol. The Morgan fingerprint density at radius 2 is 1.67 bits per heavy atom. The maximum absolute atomic E-state index is 9.95. The quantitative estimate of drug-likeness (QED) is 0.623. The van der Waals surface area contributed by atoms with Crippen LogP contribution in [0.5, 0.6) is 5.75 Å². The molecule has 0 radical (unpaired) electrons. The third kappa shape index (κ3) is 5.62. The number of rotatable bonds is 6. The van der Waals surface area contributed by atoms with E-state index in [1.165, 1.54) is 0 Å². The number of halogens is 3. The topological polar surface area (TPSA) is 41.5 Å². The minimum Gasteiger partial charge on any atom is -0.491 e. The molecule has 0 saturated heterocycles. The molecule has 2 rings (SSSR count). The van der Waals surface area contributed by atoms with Crippen LogP contribution in [0.4, 0.5) is 5.69 Å². The Labute approximate surface area is 149 Å². The molecule has 21 heavy (non-hydrogen) atoms. The molecule has 0 fully saturated rings. The minimum atomic E-state index is -0.593. The van der Waals surface area contributed by atoms with E-state index in [0.717, 1.165) is 24.9 Å². The normalized spacial score (nSPS) is 12.0. The van der Waals surface area contributed by atoms with Crippen molar-refractivity contribution in [1.82, 2.24) is 0 Å². The van der Waals surface area contributed by atoms with Crippen molar-refractivity contribution >= 4 is 53.5 Å². The highest BCUT2D eigenvalue weighted by atomic mass is 79.9. The van der Waals surface area contributed by atoms with Crippen LogP contribution >= 0.6 is 47.8 Å². The Balaban J connectivity index is 1.79. The summed E-state index contributed by atoms with van der Waals surface area (Å²) < 4.78 is 8.47. The van der Waals surface area contributed by atoms with E-state index >= 15 is 0 Å². The first kappa shape index (κ1) is 16.8. The highest BCUT2D eigenvalue weighted by molar-refractivity contribution is 9.11. The molecule has 0 aliphatic heterocycles. The van der Waals surface area contributed by atoms with E-state index in [2.05, 4.69) is 53.1 Å². The Morgan fingerprint density at radius 3 is 2.33 bits per heavy atom. The first-order chi connectivity index (χ1) is 10.0. The smallest absolute Gasteiger partial charge is 0.119 e. The number of hydrogen-bond donors (Lipinski definition) is 2. The predicted molar refractivity (Wildman–Crippen MR) is 96.0 cm³/mol. The second kappa shape index (κ2) is 8.17. The molecule has 2 aromatic rings. The molecule has 2 aromatic carbocycles. The summed E-state index contributed by atoms with van der Waals surface area (Å²) >= 11 is 10.2. The summed E-state index contributed by atoms with van der Waals surface area (Å²) in [7, 11) is 0. The van der Waals surface area contributed by atoms with Gasteiger partial charge in [0, 0.05) is 25.7 Å². The van der Waals surface area contributed by atoms with Crippen LogP contribution in [0.15, 0.2) is 55.9 Å².